The number of aromatic nitrogens is 1. The number of amides is 1. The largest absolute Gasteiger partial charge is 0.497 e. The zero-order valence-corrected chi connectivity index (χ0v) is 14.8. The lowest BCUT2D eigenvalue weighted by Crippen LogP contribution is -2.41. The molecule has 1 fully saturated rings. The van der Waals surface area contributed by atoms with Gasteiger partial charge >= 0.3 is 0 Å². The molecule has 1 saturated heterocycles. The Morgan fingerprint density at radius 3 is 3.08 bits per heavy atom. The van der Waals surface area contributed by atoms with Crippen LogP contribution >= 0.6 is 12.4 Å². The van der Waals surface area contributed by atoms with Crippen LogP contribution in [0.3, 0.4) is 0 Å². The fourth-order valence-corrected chi connectivity index (χ4v) is 2.53. The van der Waals surface area contributed by atoms with Gasteiger partial charge in [0.2, 0.25) is 5.91 Å². The summed E-state index contributed by atoms with van der Waals surface area (Å²) in [7, 11) is 1.62. The van der Waals surface area contributed by atoms with Crippen molar-refractivity contribution in [3.8, 4) is 17.0 Å². The quantitative estimate of drug-likeness (QED) is 0.809. The highest BCUT2D eigenvalue weighted by Gasteiger charge is 2.17. The van der Waals surface area contributed by atoms with Crippen molar-refractivity contribution in [2.24, 2.45) is 0 Å². The molecule has 1 amide bonds. The van der Waals surface area contributed by atoms with Crippen LogP contribution in [0.5, 0.6) is 5.75 Å². The smallest absolute Gasteiger partial charge is 0.223 e. The van der Waals surface area contributed by atoms with Crippen LogP contribution in [0.1, 0.15) is 12.2 Å². The lowest BCUT2D eigenvalue weighted by atomic mass is 10.1. The molecule has 1 aromatic heterocycles. The first kappa shape index (κ1) is 19.2. The first-order chi connectivity index (χ1) is 11.7. The van der Waals surface area contributed by atoms with Gasteiger partial charge in [0.15, 0.2) is 5.76 Å². The third kappa shape index (κ3) is 5.45. The van der Waals surface area contributed by atoms with E-state index in [1.807, 2.05) is 30.3 Å². The van der Waals surface area contributed by atoms with E-state index in [1.165, 1.54) is 0 Å². The van der Waals surface area contributed by atoms with Crippen LogP contribution in [0, 0.1) is 0 Å². The lowest BCUT2D eigenvalue weighted by Gasteiger charge is -2.22. The van der Waals surface area contributed by atoms with E-state index in [1.54, 1.807) is 7.11 Å². The number of hydrogen-bond acceptors (Lipinski definition) is 6. The molecule has 1 aliphatic heterocycles. The molecule has 0 bridgehead atoms. The molecule has 0 radical (unpaired) electrons. The molecule has 1 atom stereocenters. The zero-order valence-electron chi connectivity index (χ0n) is 14.0. The second-order valence-corrected chi connectivity index (χ2v) is 5.59. The van der Waals surface area contributed by atoms with E-state index in [0.29, 0.717) is 37.6 Å². The minimum absolute atomic E-state index is 0. The fraction of sp³-hybridized carbons (Fsp3) is 0.412. The number of rotatable bonds is 6. The maximum Gasteiger partial charge on any atom is 0.223 e. The van der Waals surface area contributed by atoms with Gasteiger partial charge in [0.1, 0.15) is 11.4 Å². The molecule has 7 nitrogen and oxygen atoms in total. The Kier molecular flexibility index (Phi) is 7.24. The van der Waals surface area contributed by atoms with Gasteiger partial charge in [-0.1, -0.05) is 17.3 Å². The zero-order chi connectivity index (χ0) is 16.8. The van der Waals surface area contributed by atoms with Crippen LogP contribution in [0.15, 0.2) is 34.9 Å². The number of nitrogens with one attached hydrogen (secondary N) is 2. The maximum absolute atomic E-state index is 11.9. The molecule has 136 valence electrons. The minimum Gasteiger partial charge on any atom is -0.497 e. The van der Waals surface area contributed by atoms with E-state index in [4.69, 9.17) is 14.0 Å². The van der Waals surface area contributed by atoms with E-state index in [2.05, 4.69) is 15.8 Å². The standard InChI is InChI=1S/C17H21N3O4.ClH/c1-22-13-4-2-3-12(7-13)16-8-15(24-20-16)11-19-17(21)9-14-10-18-5-6-23-14;/h2-4,7-8,14,18H,5-6,9-11H2,1H3,(H,19,21);1H. The number of carbonyl (C=O) groups excluding carboxylic acids is 1. The maximum atomic E-state index is 11.9. The van der Waals surface area contributed by atoms with Gasteiger partial charge in [0, 0.05) is 24.7 Å². The van der Waals surface area contributed by atoms with Crippen molar-refractivity contribution < 1.29 is 18.8 Å². The molecule has 1 aromatic carbocycles. The molecule has 2 aromatic rings. The summed E-state index contributed by atoms with van der Waals surface area (Å²) in [6.07, 6.45) is 0.268. The van der Waals surface area contributed by atoms with Gasteiger partial charge in [0.25, 0.3) is 0 Å². The van der Waals surface area contributed by atoms with Crippen molar-refractivity contribution in [2.45, 2.75) is 19.1 Å². The molecule has 8 heteroatoms. The second-order valence-electron chi connectivity index (χ2n) is 5.59. The Hall–Kier alpha value is -2.09. The van der Waals surface area contributed by atoms with Crippen LogP contribution < -0.4 is 15.4 Å². The molecule has 1 aliphatic rings. The van der Waals surface area contributed by atoms with E-state index in [9.17, 15) is 4.79 Å². The average molecular weight is 368 g/mol. The van der Waals surface area contributed by atoms with E-state index in [-0.39, 0.29) is 24.4 Å². The molecule has 0 spiro atoms. The Labute approximate surface area is 152 Å². The van der Waals surface area contributed by atoms with E-state index < -0.39 is 0 Å². The molecule has 0 aliphatic carbocycles. The van der Waals surface area contributed by atoms with Gasteiger partial charge < -0.3 is 24.6 Å². The van der Waals surface area contributed by atoms with Gasteiger partial charge in [-0.3, -0.25) is 4.79 Å². The van der Waals surface area contributed by atoms with Crippen molar-refractivity contribution in [1.29, 1.82) is 0 Å². The first-order valence-corrected chi connectivity index (χ1v) is 7.93. The van der Waals surface area contributed by atoms with Gasteiger partial charge in [-0.2, -0.15) is 0 Å². The van der Waals surface area contributed by atoms with Crippen LogP contribution in [0.2, 0.25) is 0 Å². The molecule has 3 rings (SSSR count). The summed E-state index contributed by atoms with van der Waals surface area (Å²) < 4.78 is 16.0. The van der Waals surface area contributed by atoms with Gasteiger partial charge in [-0.25, -0.2) is 0 Å². The summed E-state index contributed by atoms with van der Waals surface area (Å²) in [4.78, 5) is 11.9. The normalized spacial score (nSPS) is 16.8. The third-order valence-electron chi connectivity index (χ3n) is 3.80. The first-order valence-electron chi connectivity index (χ1n) is 7.93. The SMILES string of the molecule is COc1cccc(-c2cc(CNC(=O)CC3CNCCO3)on2)c1.Cl. The summed E-state index contributed by atoms with van der Waals surface area (Å²) in [6.45, 7) is 2.48. The predicted molar refractivity (Wildman–Crippen MR) is 94.8 cm³/mol. The molecule has 2 heterocycles. The van der Waals surface area contributed by atoms with Crippen LogP contribution in [0.4, 0.5) is 0 Å². The molecule has 25 heavy (non-hydrogen) atoms. The van der Waals surface area contributed by atoms with Crippen LogP contribution in [-0.4, -0.2) is 44.0 Å². The Morgan fingerprint density at radius 1 is 1.44 bits per heavy atom. The van der Waals surface area contributed by atoms with E-state index >= 15 is 0 Å². The third-order valence-corrected chi connectivity index (χ3v) is 3.80. The van der Waals surface area contributed by atoms with Crippen molar-refractivity contribution in [2.75, 3.05) is 26.8 Å². The monoisotopic (exact) mass is 367 g/mol. The Morgan fingerprint density at radius 2 is 2.32 bits per heavy atom. The highest BCUT2D eigenvalue weighted by Crippen LogP contribution is 2.23. The Bertz CT molecular complexity index is 686. The topological polar surface area (TPSA) is 85.6 Å². The van der Waals surface area contributed by atoms with Crippen molar-refractivity contribution >= 4 is 18.3 Å². The fourth-order valence-electron chi connectivity index (χ4n) is 2.53. The summed E-state index contributed by atoms with van der Waals surface area (Å²) >= 11 is 0. The molecule has 1 unspecified atom stereocenters. The second kappa shape index (κ2) is 9.41. The van der Waals surface area contributed by atoms with Crippen molar-refractivity contribution in [1.82, 2.24) is 15.8 Å². The summed E-state index contributed by atoms with van der Waals surface area (Å²) in [5.41, 5.74) is 1.61. The summed E-state index contributed by atoms with van der Waals surface area (Å²) in [5.74, 6) is 1.29. The van der Waals surface area contributed by atoms with Gasteiger partial charge in [0.05, 0.1) is 32.8 Å². The molecular weight excluding hydrogens is 346 g/mol. The molecule has 0 saturated carbocycles. The minimum atomic E-state index is -0.0687. The van der Waals surface area contributed by atoms with Gasteiger partial charge in [-0.15, -0.1) is 12.4 Å². The average Bonchev–Trinajstić information content (AvgIpc) is 3.10. The van der Waals surface area contributed by atoms with Crippen molar-refractivity contribution in [3.05, 3.63) is 36.1 Å². The molecular formula is C17H22ClN3O4. The van der Waals surface area contributed by atoms with Gasteiger partial charge in [-0.05, 0) is 12.1 Å². The summed E-state index contributed by atoms with van der Waals surface area (Å²) in [6, 6.07) is 9.38. The number of benzene rings is 1. The number of nitrogens with zero attached hydrogens (tertiary/aromatic N) is 1. The lowest BCUT2D eigenvalue weighted by molar-refractivity contribution is -0.124. The Balaban J connectivity index is 0.00000225. The highest BCUT2D eigenvalue weighted by atomic mass is 35.5. The number of methoxy groups -OCH3 is 1. The van der Waals surface area contributed by atoms with Crippen LogP contribution in [0.25, 0.3) is 11.3 Å². The van der Waals surface area contributed by atoms with E-state index in [0.717, 1.165) is 17.9 Å². The number of morpholine rings is 1. The highest BCUT2D eigenvalue weighted by molar-refractivity contribution is 5.85. The number of ether oxygens (including phenoxy) is 2. The summed E-state index contributed by atoms with van der Waals surface area (Å²) in [5, 5.41) is 10.1. The number of carbonyl (C=O) groups is 1. The number of hydrogen-bond donors (Lipinski definition) is 2. The van der Waals surface area contributed by atoms with Crippen molar-refractivity contribution in [3.63, 3.8) is 0 Å². The van der Waals surface area contributed by atoms with Crippen LogP contribution in [-0.2, 0) is 16.1 Å². The predicted octanol–water partition coefficient (Wildman–Crippen LogP) is 1.77. The number of halogens is 1. The molecule has 2 N–H and O–H groups in total.